The molecule has 0 bridgehead atoms. The molecular weight excluding hydrogens is 319 g/mol. The van der Waals surface area contributed by atoms with Gasteiger partial charge in [-0.15, -0.1) is 22.7 Å². The van der Waals surface area contributed by atoms with E-state index in [4.69, 9.17) is 29.0 Å². The Morgan fingerprint density at radius 1 is 1.16 bits per heavy atom. The van der Waals surface area contributed by atoms with E-state index in [1.807, 2.05) is 12.1 Å². The molecule has 0 aliphatic carbocycles. The van der Waals surface area contributed by atoms with E-state index in [9.17, 15) is 0 Å². The van der Waals surface area contributed by atoms with Crippen LogP contribution in [0.2, 0.25) is 8.67 Å². The minimum absolute atomic E-state index is 0.154. The lowest BCUT2D eigenvalue weighted by atomic mass is 10.0. The van der Waals surface area contributed by atoms with E-state index in [0.29, 0.717) is 8.67 Å². The van der Waals surface area contributed by atoms with Crippen LogP contribution >= 0.6 is 45.9 Å². The van der Waals surface area contributed by atoms with Crippen molar-refractivity contribution in [3.8, 4) is 0 Å². The van der Waals surface area contributed by atoms with Crippen molar-refractivity contribution in [2.24, 2.45) is 5.84 Å². The van der Waals surface area contributed by atoms with Crippen molar-refractivity contribution in [1.82, 2.24) is 5.43 Å². The largest absolute Gasteiger partial charge is 0.271 e. The van der Waals surface area contributed by atoms with Crippen LogP contribution in [-0.4, -0.2) is 0 Å². The summed E-state index contributed by atoms with van der Waals surface area (Å²) >= 11 is 15.3. The summed E-state index contributed by atoms with van der Waals surface area (Å²) in [6.07, 6.45) is 0. The van der Waals surface area contributed by atoms with Crippen LogP contribution in [0, 0.1) is 0 Å². The lowest BCUT2D eigenvalue weighted by Gasteiger charge is -2.16. The zero-order chi connectivity index (χ0) is 13.4. The summed E-state index contributed by atoms with van der Waals surface area (Å²) in [4.78, 5) is 0. The molecule has 6 heteroatoms. The Balaban J connectivity index is 2.17. The Bertz CT molecular complexity index is 720. The molecule has 2 aromatic heterocycles. The Kier molecular flexibility index (Phi) is 3.80. The number of nitrogens with two attached hydrogens (primary N) is 1. The second-order valence-corrected chi connectivity index (χ2v) is 7.27. The maximum atomic E-state index is 6.24. The summed E-state index contributed by atoms with van der Waals surface area (Å²) in [6.45, 7) is 0. The number of thiophene rings is 2. The fraction of sp³-hybridized carbons (Fsp3) is 0.0769. The van der Waals surface area contributed by atoms with Crippen molar-refractivity contribution >= 4 is 56.0 Å². The minimum Gasteiger partial charge on any atom is -0.271 e. The van der Waals surface area contributed by atoms with Crippen LogP contribution < -0.4 is 11.3 Å². The number of halogens is 2. The molecule has 1 unspecified atom stereocenters. The van der Waals surface area contributed by atoms with Crippen LogP contribution in [0.1, 0.15) is 17.2 Å². The number of hydrogen-bond donors (Lipinski definition) is 2. The molecule has 0 radical (unpaired) electrons. The molecule has 3 rings (SSSR count). The predicted octanol–water partition coefficient (Wildman–Crippen LogP) is 4.82. The van der Waals surface area contributed by atoms with E-state index < -0.39 is 0 Å². The van der Waals surface area contributed by atoms with Crippen molar-refractivity contribution in [1.29, 1.82) is 0 Å². The van der Waals surface area contributed by atoms with Gasteiger partial charge in [0.25, 0.3) is 0 Å². The fourth-order valence-electron chi connectivity index (χ4n) is 2.14. The van der Waals surface area contributed by atoms with E-state index >= 15 is 0 Å². The zero-order valence-corrected chi connectivity index (χ0v) is 12.8. The van der Waals surface area contributed by atoms with Crippen LogP contribution in [0.25, 0.3) is 10.1 Å². The first-order valence-electron chi connectivity index (χ1n) is 5.57. The van der Waals surface area contributed by atoms with Gasteiger partial charge in [0.05, 0.1) is 14.7 Å². The van der Waals surface area contributed by atoms with E-state index in [2.05, 4.69) is 29.0 Å². The third kappa shape index (κ3) is 2.40. The molecule has 0 fully saturated rings. The van der Waals surface area contributed by atoms with E-state index in [-0.39, 0.29) is 6.04 Å². The van der Waals surface area contributed by atoms with Gasteiger partial charge in [-0.25, -0.2) is 5.43 Å². The molecule has 1 atom stereocenters. The normalized spacial score (nSPS) is 13.0. The van der Waals surface area contributed by atoms with Gasteiger partial charge in [-0.1, -0.05) is 41.4 Å². The maximum absolute atomic E-state index is 6.24. The Morgan fingerprint density at radius 2 is 2.00 bits per heavy atom. The van der Waals surface area contributed by atoms with Crippen LogP contribution in [0.4, 0.5) is 0 Å². The molecule has 0 amide bonds. The van der Waals surface area contributed by atoms with Crippen molar-refractivity contribution in [2.45, 2.75) is 6.04 Å². The Labute approximate surface area is 128 Å². The highest BCUT2D eigenvalue weighted by Gasteiger charge is 2.20. The smallest absolute Gasteiger partial charge is 0.0995 e. The van der Waals surface area contributed by atoms with Gasteiger partial charge in [-0.2, -0.15) is 0 Å². The molecule has 0 spiro atoms. The van der Waals surface area contributed by atoms with Gasteiger partial charge in [0.15, 0.2) is 0 Å². The predicted molar refractivity (Wildman–Crippen MR) is 85.3 cm³/mol. The molecule has 1 aromatic carbocycles. The van der Waals surface area contributed by atoms with Gasteiger partial charge in [-0.05, 0) is 28.5 Å². The van der Waals surface area contributed by atoms with Crippen molar-refractivity contribution in [3.05, 3.63) is 55.5 Å². The van der Waals surface area contributed by atoms with E-state index in [1.165, 1.54) is 21.4 Å². The molecule has 3 aromatic rings. The summed E-state index contributed by atoms with van der Waals surface area (Å²) in [5, 5.41) is 3.28. The van der Waals surface area contributed by atoms with Gasteiger partial charge in [0, 0.05) is 10.3 Å². The standard InChI is InChI=1S/C13H10Cl2N2S2/c14-10-6-9(13(15)19-10)11(17-16)8-3-1-2-7-4-5-18-12(7)8/h1-6,11,17H,16H2. The first-order valence-corrected chi connectivity index (χ1v) is 8.03. The second kappa shape index (κ2) is 5.40. The molecule has 2 nitrogen and oxygen atoms in total. The van der Waals surface area contributed by atoms with Gasteiger partial charge in [0.1, 0.15) is 0 Å². The molecule has 98 valence electrons. The average molecular weight is 329 g/mol. The average Bonchev–Trinajstić information content (AvgIpc) is 2.98. The highest BCUT2D eigenvalue weighted by molar-refractivity contribution is 7.20. The highest BCUT2D eigenvalue weighted by Crippen LogP contribution is 2.39. The van der Waals surface area contributed by atoms with Crippen molar-refractivity contribution < 1.29 is 0 Å². The van der Waals surface area contributed by atoms with Crippen molar-refractivity contribution in [2.75, 3.05) is 0 Å². The van der Waals surface area contributed by atoms with Gasteiger partial charge in [-0.3, -0.25) is 5.84 Å². The highest BCUT2D eigenvalue weighted by atomic mass is 35.5. The summed E-state index contributed by atoms with van der Waals surface area (Å²) in [6, 6.07) is 9.98. The van der Waals surface area contributed by atoms with E-state index in [1.54, 1.807) is 11.3 Å². The minimum atomic E-state index is -0.154. The summed E-state index contributed by atoms with van der Waals surface area (Å²) in [5.41, 5.74) is 4.87. The first kappa shape index (κ1) is 13.4. The third-order valence-electron chi connectivity index (χ3n) is 2.98. The SMILES string of the molecule is NNC(c1cc(Cl)sc1Cl)c1cccc2ccsc12. The monoisotopic (exact) mass is 328 g/mol. The number of benzene rings is 1. The Hall–Kier alpha value is -0.620. The van der Waals surface area contributed by atoms with Gasteiger partial charge >= 0.3 is 0 Å². The van der Waals surface area contributed by atoms with Crippen LogP contribution in [0.5, 0.6) is 0 Å². The number of fused-ring (bicyclic) bond motifs is 1. The van der Waals surface area contributed by atoms with Crippen molar-refractivity contribution in [3.63, 3.8) is 0 Å². The zero-order valence-electron chi connectivity index (χ0n) is 9.69. The molecule has 19 heavy (non-hydrogen) atoms. The van der Waals surface area contributed by atoms with Crippen LogP contribution in [0.15, 0.2) is 35.7 Å². The summed E-state index contributed by atoms with van der Waals surface area (Å²) in [5.74, 6) is 5.73. The topological polar surface area (TPSA) is 38.0 Å². The number of nitrogens with one attached hydrogen (secondary N) is 1. The lowest BCUT2D eigenvalue weighted by Crippen LogP contribution is -2.28. The Morgan fingerprint density at radius 3 is 2.68 bits per heavy atom. The summed E-state index contributed by atoms with van der Waals surface area (Å²) < 4.78 is 2.55. The second-order valence-electron chi connectivity index (χ2n) is 4.07. The number of hydrogen-bond acceptors (Lipinski definition) is 4. The molecular formula is C13H10Cl2N2S2. The molecule has 0 saturated carbocycles. The molecule has 0 aliphatic heterocycles. The molecule has 2 heterocycles. The van der Waals surface area contributed by atoms with Gasteiger partial charge < -0.3 is 0 Å². The van der Waals surface area contributed by atoms with Gasteiger partial charge in [0.2, 0.25) is 0 Å². The fourth-order valence-corrected chi connectivity index (χ4v) is 4.62. The molecule has 0 aliphatic rings. The third-order valence-corrected chi connectivity index (χ3v) is 5.48. The quantitative estimate of drug-likeness (QED) is 0.534. The molecule has 3 N–H and O–H groups in total. The number of rotatable bonds is 3. The van der Waals surface area contributed by atoms with Crippen LogP contribution in [-0.2, 0) is 0 Å². The lowest BCUT2D eigenvalue weighted by molar-refractivity contribution is 0.643. The van der Waals surface area contributed by atoms with Crippen LogP contribution in [0.3, 0.4) is 0 Å². The van der Waals surface area contributed by atoms with E-state index in [0.717, 1.165) is 11.1 Å². The molecule has 0 saturated heterocycles. The first-order chi connectivity index (χ1) is 9.20. The summed E-state index contributed by atoms with van der Waals surface area (Å²) in [7, 11) is 0. The maximum Gasteiger partial charge on any atom is 0.0995 e. The number of hydrazine groups is 1.